The number of hydrogen-bond donors (Lipinski definition) is 0. The Morgan fingerprint density at radius 1 is 1.21 bits per heavy atom. The van der Waals surface area contributed by atoms with Crippen LogP contribution in [0, 0.1) is 12.7 Å². The zero-order valence-electron chi connectivity index (χ0n) is 10.6. The number of aryl methyl sites for hydroxylation is 2. The molecule has 0 atom stereocenters. The first-order chi connectivity index (χ1) is 9.08. The third-order valence-electron chi connectivity index (χ3n) is 2.96. The zero-order valence-corrected chi connectivity index (χ0v) is 10.6. The Morgan fingerprint density at radius 3 is 2.58 bits per heavy atom. The number of aromatic nitrogens is 1. The molecule has 98 valence electrons. The van der Waals surface area contributed by atoms with Crippen LogP contribution in [0.1, 0.15) is 22.3 Å². The van der Waals surface area contributed by atoms with Crippen molar-refractivity contribution in [1.29, 1.82) is 0 Å². The lowest BCUT2D eigenvalue weighted by Gasteiger charge is -2.06. The Labute approximate surface area is 110 Å². The van der Waals surface area contributed by atoms with Crippen molar-refractivity contribution in [3.63, 3.8) is 0 Å². The molecule has 0 bridgehead atoms. The summed E-state index contributed by atoms with van der Waals surface area (Å²) in [5.41, 5.74) is 1.02. The van der Waals surface area contributed by atoms with Crippen LogP contribution in [0.2, 0.25) is 0 Å². The van der Waals surface area contributed by atoms with Crippen LogP contribution in [0.3, 0.4) is 0 Å². The first-order valence-electron chi connectivity index (χ1n) is 6.03. The van der Waals surface area contributed by atoms with E-state index in [1.54, 1.807) is 25.3 Å². The summed E-state index contributed by atoms with van der Waals surface area (Å²) in [5, 5.41) is 0. The van der Waals surface area contributed by atoms with E-state index in [0.717, 1.165) is 0 Å². The van der Waals surface area contributed by atoms with E-state index in [0.29, 0.717) is 17.7 Å². The van der Waals surface area contributed by atoms with Crippen molar-refractivity contribution in [2.24, 2.45) is 0 Å². The first-order valence-corrected chi connectivity index (χ1v) is 6.03. The summed E-state index contributed by atoms with van der Waals surface area (Å²) < 4.78 is 14.3. The number of benzene rings is 1. The number of rotatable bonds is 4. The van der Waals surface area contributed by atoms with Gasteiger partial charge in [-0.25, -0.2) is 4.39 Å². The van der Waals surface area contributed by atoms with Crippen LogP contribution in [0.15, 0.2) is 47.4 Å². The van der Waals surface area contributed by atoms with Gasteiger partial charge in [-0.15, -0.1) is 0 Å². The number of pyridine rings is 1. The van der Waals surface area contributed by atoms with E-state index in [-0.39, 0.29) is 23.6 Å². The molecule has 1 heterocycles. The van der Waals surface area contributed by atoms with Crippen molar-refractivity contribution in [3.05, 3.63) is 69.9 Å². The maximum Gasteiger partial charge on any atom is 0.253 e. The number of hydrogen-bond acceptors (Lipinski definition) is 2. The summed E-state index contributed by atoms with van der Waals surface area (Å²) in [6.07, 6.45) is 1.88. The van der Waals surface area contributed by atoms with Gasteiger partial charge in [-0.3, -0.25) is 9.59 Å². The summed E-state index contributed by atoms with van der Waals surface area (Å²) in [6, 6.07) is 8.94. The summed E-state index contributed by atoms with van der Waals surface area (Å²) in [6.45, 7) is 2.07. The molecule has 2 rings (SSSR count). The lowest BCUT2D eigenvalue weighted by Crippen LogP contribution is -2.22. The van der Waals surface area contributed by atoms with Crippen molar-refractivity contribution in [1.82, 2.24) is 4.57 Å². The summed E-state index contributed by atoms with van der Waals surface area (Å²) in [7, 11) is 0. The number of carbonyl (C=O) groups excluding carboxylic acids is 1. The van der Waals surface area contributed by atoms with E-state index in [1.807, 2.05) is 0 Å². The standard InChI is InChI=1S/C15H14FNO2/c1-11-3-2-9-17(15(11)19)10-8-14(18)12-4-6-13(16)7-5-12/h2-7,9H,8,10H2,1H3. The Hall–Kier alpha value is -2.23. The van der Waals surface area contributed by atoms with E-state index in [2.05, 4.69) is 0 Å². The van der Waals surface area contributed by atoms with Crippen molar-refractivity contribution in [2.45, 2.75) is 19.9 Å². The minimum atomic E-state index is -0.369. The van der Waals surface area contributed by atoms with Crippen LogP contribution in [0.25, 0.3) is 0 Å². The number of halogens is 1. The Balaban J connectivity index is 2.06. The van der Waals surface area contributed by atoms with Crippen LogP contribution in [-0.4, -0.2) is 10.4 Å². The highest BCUT2D eigenvalue weighted by Crippen LogP contribution is 2.06. The van der Waals surface area contributed by atoms with E-state index in [1.165, 1.54) is 28.8 Å². The maximum absolute atomic E-state index is 12.7. The highest BCUT2D eigenvalue weighted by molar-refractivity contribution is 5.95. The minimum absolute atomic E-state index is 0.0885. The molecule has 1 aromatic carbocycles. The number of Topliss-reactive ketones (excluding diaryl/α,β-unsaturated/α-hetero) is 1. The van der Waals surface area contributed by atoms with Gasteiger partial charge in [-0.1, -0.05) is 6.07 Å². The molecule has 4 heteroatoms. The predicted octanol–water partition coefficient (Wildman–Crippen LogP) is 2.57. The molecular weight excluding hydrogens is 245 g/mol. The second kappa shape index (κ2) is 5.61. The Morgan fingerprint density at radius 2 is 1.89 bits per heavy atom. The average molecular weight is 259 g/mol. The van der Waals surface area contributed by atoms with E-state index in [9.17, 15) is 14.0 Å². The molecule has 0 fully saturated rings. The predicted molar refractivity (Wildman–Crippen MR) is 70.8 cm³/mol. The molecule has 0 unspecified atom stereocenters. The van der Waals surface area contributed by atoms with Crippen molar-refractivity contribution in [3.8, 4) is 0 Å². The molecule has 1 aromatic heterocycles. The van der Waals surface area contributed by atoms with Crippen molar-refractivity contribution < 1.29 is 9.18 Å². The smallest absolute Gasteiger partial charge is 0.253 e. The topological polar surface area (TPSA) is 39.1 Å². The molecule has 3 nitrogen and oxygen atoms in total. The van der Waals surface area contributed by atoms with E-state index < -0.39 is 0 Å². The number of ketones is 1. The fourth-order valence-corrected chi connectivity index (χ4v) is 1.83. The molecule has 0 spiro atoms. The fraction of sp³-hybridized carbons (Fsp3) is 0.200. The SMILES string of the molecule is Cc1cccn(CCC(=O)c2ccc(F)cc2)c1=O. The van der Waals surface area contributed by atoms with Gasteiger partial charge in [0.15, 0.2) is 5.78 Å². The molecule has 0 saturated carbocycles. The van der Waals surface area contributed by atoms with Crippen LogP contribution >= 0.6 is 0 Å². The summed E-state index contributed by atoms with van der Waals surface area (Å²) in [5.74, 6) is -0.472. The lowest BCUT2D eigenvalue weighted by molar-refractivity contribution is 0.0976. The molecule has 19 heavy (non-hydrogen) atoms. The maximum atomic E-state index is 12.7. The number of carbonyl (C=O) groups is 1. The highest BCUT2D eigenvalue weighted by atomic mass is 19.1. The quantitative estimate of drug-likeness (QED) is 0.792. The van der Waals surface area contributed by atoms with Gasteiger partial charge in [0.05, 0.1) is 0 Å². The molecule has 0 amide bonds. The van der Waals surface area contributed by atoms with Gasteiger partial charge in [-0.2, -0.15) is 0 Å². The Kier molecular flexibility index (Phi) is 3.90. The first kappa shape index (κ1) is 13.2. The largest absolute Gasteiger partial charge is 0.315 e. The monoisotopic (exact) mass is 259 g/mol. The van der Waals surface area contributed by atoms with Crippen LogP contribution < -0.4 is 5.56 Å². The summed E-state index contributed by atoms with van der Waals surface area (Å²) >= 11 is 0. The van der Waals surface area contributed by atoms with Gasteiger partial charge in [0.1, 0.15) is 5.82 Å². The van der Waals surface area contributed by atoms with Crippen molar-refractivity contribution >= 4 is 5.78 Å². The lowest BCUT2D eigenvalue weighted by atomic mass is 10.1. The molecule has 0 aliphatic heterocycles. The van der Waals surface area contributed by atoms with Gasteiger partial charge in [0.25, 0.3) is 5.56 Å². The molecular formula is C15H14FNO2. The molecule has 0 aliphatic rings. The van der Waals surface area contributed by atoms with Gasteiger partial charge in [0.2, 0.25) is 0 Å². The Bertz CT molecular complexity index is 644. The average Bonchev–Trinajstić information content (AvgIpc) is 2.41. The zero-order chi connectivity index (χ0) is 13.8. The molecule has 0 saturated heterocycles. The minimum Gasteiger partial charge on any atom is -0.315 e. The van der Waals surface area contributed by atoms with E-state index in [4.69, 9.17) is 0 Å². The molecule has 0 N–H and O–H groups in total. The van der Waals surface area contributed by atoms with Gasteiger partial charge in [-0.05, 0) is 37.3 Å². The second-order valence-corrected chi connectivity index (χ2v) is 4.37. The van der Waals surface area contributed by atoms with Crippen LogP contribution in [-0.2, 0) is 6.54 Å². The third kappa shape index (κ3) is 3.16. The fourth-order valence-electron chi connectivity index (χ4n) is 1.83. The van der Waals surface area contributed by atoms with Crippen LogP contribution in [0.5, 0.6) is 0 Å². The van der Waals surface area contributed by atoms with Crippen LogP contribution in [0.4, 0.5) is 4.39 Å². The molecule has 0 aliphatic carbocycles. The normalized spacial score (nSPS) is 10.4. The van der Waals surface area contributed by atoms with E-state index >= 15 is 0 Å². The molecule has 0 radical (unpaired) electrons. The van der Waals surface area contributed by atoms with Crippen molar-refractivity contribution in [2.75, 3.05) is 0 Å². The third-order valence-corrected chi connectivity index (χ3v) is 2.96. The molecule has 2 aromatic rings. The van der Waals surface area contributed by atoms with Gasteiger partial charge >= 0.3 is 0 Å². The highest BCUT2D eigenvalue weighted by Gasteiger charge is 2.07. The second-order valence-electron chi connectivity index (χ2n) is 4.37. The number of nitrogens with zero attached hydrogens (tertiary/aromatic N) is 1. The summed E-state index contributed by atoms with van der Waals surface area (Å²) in [4.78, 5) is 23.7. The van der Waals surface area contributed by atoms with Gasteiger partial charge in [0, 0.05) is 30.3 Å². The van der Waals surface area contributed by atoms with Gasteiger partial charge < -0.3 is 4.57 Å².